The lowest BCUT2D eigenvalue weighted by atomic mass is 9.95. The molecule has 2 heterocycles. The average molecular weight is 194 g/mol. The molecule has 2 heteroatoms. The fourth-order valence-corrected chi connectivity index (χ4v) is 3.44. The maximum absolute atomic E-state index is 2.88. The van der Waals surface area contributed by atoms with Crippen molar-refractivity contribution in [1.29, 1.82) is 0 Å². The number of nitrogens with zero attached hydrogens (tertiary/aromatic N) is 2. The second-order valence-corrected chi connectivity index (χ2v) is 5.30. The molecule has 0 N–H and O–H groups in total. The van der Waals surface area contributed by atoms with Gasteiger partial charge in [-0.15, -0.1) is 0 Å². The summed E-state index contributed by atoms with van der Waals surface area (Å²) >= 11 is 0. The van der Waals surface area contributed by atoms with Gasteiger partial charge in [-0.1, -0.05) is 6.92 Å². The van der Waals surface area contributed by atoms with Crippen LogP contribution in [0.3, 0.4) is 0 Å². The number of hydrogen-bond donors (Lipinski definition) is 0. The molecule has 2 bridgehead atoms. The summed E-state index contributed by atoms with van der Waals surface area (Å²) in [7, 11) is 0. The highest BCUT2D eigenvalue weighted by molar-refractivity contribution is 4.99. The van der Waals surface area contributed by atoms with Gasteiger partial charge in [-0.05, 0) is 38.6 Å². The van der Waals surface area contributed by atoms with Crippen LogP contribution in [0.25, 0.3) is 0 Å². The molecule has 3 unspecified atom stereocenters. The van der Waals surface area contributed by atoms with Gasteiger partial charge in [0, 0.05) is 31.2 Å². The first-order valence-electron chi connectivity index (χ1n) is 6.38. The third-order valence-corrected chi connectivity index (χ3v) is 4.23. The van der Waals surface area contributed by atoms with E-state index in [0.717, 1.165) is 18.1 Å². The lowest BCUT2D eigenvalue weighted by Gasteiger charge is -2.50. The SMILES string of the molecule is CCC1CN2CCCC(C2)N1C1CC1. The number of piperidine rings is 1. The third-order valence-electron chi connectivity index (χ3n) is 4.23. The van der Waals surface area contributed by atoms with Crippen LogP contribution in [0.15, 0.2) is 0 Å². The minimum atomic E-state index is 0.876. The van der Waals surface area contributed by atoms with E-state index < -0.39 is 0 Å². The van der Waals surface area contributed by atoms with Crippen molar-refractivity contribution in [2.75, 3.05) is 19.6 Å². The molecule has 0 aromatic rings. The Morgan fingerprint density at radius 2 is 1.93 bits per heavy atom. The first-order chi connectivity index (χ1) is 6.88. The Morgan fingerprint density at radius 1 is 1.07 bits per heavy atom. The number of fused-ring (bicyclic) bond motifs is 2. The van der Waals surface area contributed by atoms with Crippen molar-refractivity contribution < 1.29 is 0 Å². The molecule has 2 aliphatic heterocycles. The van der Waals surface area contributed by atoms with E-state index in [-0.39, 0.29) is 0 Å². The monoisotopic (exact) mass is 194 g/mol. The van der Waals surface area contributed by atoms with Crippen molar-refractivity contribution in [2.24, 2.45) is 0 Å². The van der Waals surface area contributed by atoms with Crippen molar-refractivity contribution in [3.05, 3.63) is 0 Å². The number of piperazine rings is 1. The molecule has 80 valence electrons. The molecule has 3 rings (SSSR count). The second kappa shape index (κ2) is 3.49. The van der Waals surface area contributed by atoms with Crippen LogP contribution in [0.5, 0.6) is 0 Å². The van der Waals surface area contributed by atoms with E-state index in [2.05, 4.69) is 16.7 Å². The Morgan fingerprint density at radius 3 is 2.64 bits per heavy atom. The van der Waals surface area contributed by atoms with Crippen LogP contribution in [-0.4, -0.2) is 47.6 Å². The lowest BCUT2D eigenvalue weighted by molar-refractivity contribution is -0.0123. The van der Waals surface area contributed by atoms with E-state index in [9.17, 15) is 0 Å². The van der Waals surface area contributed by atoms with Crippen molar-refractivity contribution in [3.63, 3.8) is 0 Å². The zero-order chi connectivity index (χ0) is 9.54. The fraction of sp³-hybridized carbons (Fsp3) is 1.00. The summed E-state index contributed by atoms with van der Waals surface area (Å²) in [6.07, 6.45) is 7.21. The van der Waals surface area contributed by atoms with Crippen molar-refractivity contribution in [3.8, 4) is 0 Å². The lowest BCUT2D eigenvalue weighted by Crippen LogP contribution is -2.61. The van der Waals surface area contributed by atoms with Crippen LogP contribution in [-0.2, 0) is 0 Å². The highest BCUT2D eigenvalue weighted by atomic mass is 15.3. The van der Waals surface area contributed by atoms with E-state index in [1.54, 1.807) is 0 Å². The Bertz CT molecular complexity index is 210. The molecule has 0 aromatic carbocycles. The molecule has 0 spiro atoms. The first kappa shape index (κ1) is 9.17. The van der Waals surface area contributed by atoms with Gasteiger partial charge in [0.05, 0.1) is 0 Å². The molecule has 0 aromatic heterocycles. The minimum Gasteiger partial charge on any atom is -0.300 e. The van der Waals surface area contributed by atoms with Crippen LogP contribution in [0, 0.1) is 0 Å². The Labute approximate surface area is 87.3 Å². The summed E-state index contributed by atoms with van der Waals surface area (Å²) in [5, 5.41) is 0. The summed E-state index contributed by atoms with van der Waals surface area (Å²) in [6.45, 7) is 6.45. The zero-order valence-corrected chi connectivity index (χ0v) is 9.28. The summed E-state index contributed by atoms with van der Waals surface area (Å²) in [4.78, 5) is 5.58. The maximum Gasteiger partial charge on any atom is 0.0230 e. The standard InChI is InChI=1S/C12H22N2/c1-2-10-8-13-7-3-4-12(9-13)14(10)11-5-6-11/h10-12H,2-9H2,1H3. The van der Waals surface area contributed by atoms with Gasteiger partial charge >= 0.3 is 0 Å². The molecule has 0 amide bonds. The molecule has 3 fully saturated rings. The van der Waals surface area contributed by atoms with Crippen LogP contribution in [0.4, 0.5) is 0 Å². The van der Waals surface area contributed by atoms with Crippen LogP contribution < -0.4 is 0 Å². The summed E-state index contributed by atoms with van der Waals surface area (Å²) < 4.78 is 0. The summed E-state index contributed by atoms with van der Waals surface area (Å²) in [5.74, 6) is 0. The molecule has 0 radical (unpaired) electrons. The second-order valence-electron chi connectivity index (χ2n) is 5.30. The normalized spacial score (nSPS) is 43.9. The largest absolute Gasteiger partial charge is 0.300 e. The van der Waals surface area contributed by atoms with Crippen LogP contribution in [0.1, 0.15) is 39.0 Å². The van der Waals surface area contributed by atoms with Gasteiger partial charge in [-0.3, -0.25) is 4.90 Å². The predicted octanol–water partition coefficient (Wildman–Crippen LogP) is 1.71. The number of hydrogen-bond acceptors (Lipinski definition) is 2. The highest BCUT2D eigenvalue weighted by Gasteiger charge is 2.42. The molecule has 2 saturated heterocycles. The predicted molar refractivity (Wildman–Crippen MR) is 58.4 cm³/mol. The molecule has 1 aliphatic carbocycles. The van der Waals surface area contributed by atoms with Gasteiger partial charge in [0.25, 0.3) is 0 Å². The Balaban J connectivity index is 1.76. The van der Waals surface area contributed by atoms with E-state index >= 15 is 0 Å². The molecule has 2 nitrogen and oxygen atoms in total. The number of rotatable bonds is 2. The molecule has 1 saturated carbocycles. The van der Waals surface area contributed by atoms with Crippen molar-refractivity contribution in [2.45, 2.75) is 57.2 Å². The molecule has 3 atom stereocenters. The third kappa shape index (κ3) is 1.49. The average Bonchev–Trinajstić information content (AvgIpc) is 3.01. The van der Waals surface area contributed by atoms with Crippen molar-refractivity contribution in [1.82, 2.24) is 9.80 Å². The zero-order valence-electron chi connectivity index (χ0n) is 9.28. The van der Waals surface area contributed by atoms with E-state index in [4.69, 9.17) is 0 Å². The first-order valence-corrected chi connectivity index (χ1v) is 6.38. The molecular formula is C12H22N2. The molecular weight excluding hydrogens is 172 g/mol. The van der Waals surface area contributed by atoms with Crippen LogP contribution >= 0.6 is 0 Å². The molecule has 14 heavy (non-hydrogen) atoms. The van der Waals surface area contributed by atoms with Gasteiger partial charge in [-0.2, -0.15) is 0 Å². The van der Waals surface area contributed by atoms with E-state index in [0.29, 0.717) is 0 Å². The quantitative estimate of drug-likeness (QED) is 0.660. The van der Waals surface area contributed by atoms with Gasteiger partial charge in [0.1, 0.15) is 0 Å². The maximum atomic E-state index is 2.88. The summed E-state index contributed by atoms with van der Waals surface area (Å²) in [5.41, 5.74) is 0. The topological polar surface area (TPSA) is 6.48 Å². The van der Waals surface area contributed by atoms with Gasteiger partial charge in [-0.25, -0.2) is 0 Å². The minimum absolute atomic E-state index is 0.876. The summed E-state index contributed by atoms with van der Waals surface area (Å²) in [6, 6.07) is 2.77. The Kier molecular flexibility index (Phi) is 2.29. The van der Waals surface area contributed by atoms with E-state index in [1.807, 2.05) is 0 Å². The van der Waals surface area contributed by atoms with Gasteiger partial charge in [0.15, 0.2) is 0 Å². The molecule has 3 aliphatic rings. The van der Waals surface area contributed by atoms with Crippen LogP contribution in [0.2, 0.25) is 0 Å². The highest BCUT2D eigenvalue weighted by Crippen LogP contribution is 2.36. The van der Waals surface area contributed by atoms with Crippen molar-refractivity contribution >= 4 is 0 Å². The van der Waals surface area contributed by atoms with E-state index in [1.165, 1.54) is 51.7 Å². The van der Waals surface area contributed by atoms with Gasteiger partial charge in [0.2, 0.25) is 0 Å². The fourth-order valence-electron chi connectivity index (χ4n) is 3.44. The van der Waals surface area contributed by atoms with Gasteiger partial charge < -0.3 is 4.90 Å². The Hall–Kier alpha value is -0.0800. The smallest absolute Gasteiger partial charge is 0.0230 e.